The zero-order chi connectivity index (χ0) is 14.8. The maximum atomic E-state index is 5.67. The van der Waals surface area contributed by atoms with E-state index in [1.165, 1.54) is 11.8 Å². The number of rotatable bonds is 4. The second kappa shape index (κ2) is 5.69. The Morgan fingerprint density at radius 1 is 0.909 bits per heavy atom. The van der Waals surface area contributed by atoms with Crippen LogP contribution in [0.15, 0.2) is 74.9 Å². The van der Waals surface area contributed by atoms with Crippen LogP contribution in [0.3, 0.4) is 0 Å². The second-order valence-corrected chi connectivity index (χ2v) is 5.67. The first-order chi connectivity index (χ1) is 10.9. The average molecular weight is 308 g/mol. The van der Waals surface area contributed by atoms with Crippen molar-refractivity contribution >= 4 is 22.9 Å². The minimum Gasteiger partial charge on any atom is -0.444 e. The van der Waals surface area contributed by atoms with E-state index in [2.05, 4.69) is 9.97 Å². The molecule has 0 aliphatic rings. The first kappa shape index (κ1) is 13.2. The Labute approximate surface area is 131 Å². The molecular formula is C17H12N2O2S. The fourth-order valence-corrected chi connectivity index (χ4v) is 2.85. The number of benzene rings is 2. The van der Waals surface area contributed by atoms with E-state index in [1.807, 2.05) is 54.6 Å². The third-order valence-corrected chi connectivity index (χ3v) is 4.05. The van der Waals surface area contributed by atoms with Crippen molar-refractivity contribution in [3.05, 3.63) is 66.6 Å². The van der Waals surface area contributed by atoms with Crippen molar-refractivity contribution in [3.8, 4) is 11.5 Å². The Morgan fingerprint density at radius 2 is 1.73 bits per heavy atom. The van der Waals surface area contributed by atoms with Gasteiger partial charge in [-0.1, -0.05) is 42.1 Å². The monoisotopic (exact) mass is 308 g/mol. The van der Waals surface area contributed by atoms with Crippen molar-refractivity contribution in [2.75, 3.05) is 0 Å². The number of para-hydroxylation sites is 2. The number of thioether (sulfide) groups is 1. The summed E-state index contributed by atoms with van der Waals surface area (Å²) in [4.78, 5) is 8.92. The topological polar surface area (TPSA) is 52.1 Å². The van der Waals surface area contributed by atoms with Crippen molar-refractivity contribution in [3.63, 3.8) is 0 Å². The lowest BCUT2D eigenvalue weighted by Crippen LogP contribution is -1.82. The number of hydrogen-bond acceptors (Lipinski definition) is 5. The Kier molecular flexibility index (Phi) is 3.40. The van der Waals surface area contributed by atoms with E-state index in [4.69, 9.17) is 8.83 Å². The van der Waals surface area contributed by atoms with Crippen LogP contribution in [0.4, 0.5) is 0 Å². The summed E-state index contributed by atoms with van der Waals surface area (Å²) in [5, 5.41) is 0.644. The van der Waals surface area contributed by atoms with Gasteiger partial charge in [-0.2, -0.15) is 0 Å². The first-order valence-corrected chi connectivity index (χ1v) is 7.85. The molecule has 0 radical (unpaired) electrons. The van der Waals surface area contributed by atoms with E-state index in [9.17, 15) is 0 Å². The fraction of sp³-hybridized carbons (Fsp3) is 0.0588. The third kappa shape index (κ3) is 2.63. The van der Waals surface area contributed by atoms with Crippen LogP contribution in [-0.4, -0.2) is 9.97 Å². The SMILES string of the molecule is c1ccc(-c2nc(CSc3nc4ccccc4o3)co2)cc1. The highest BCUT2D eigenvalue weighted by Crippen LogP contribution is 2.27. The Hall–Kier alpha value is -2.53. The molecule has 0 N–H and O–H groups in total. The lowest BCUT2D eigenvalue weighted by atomic mass is 10.2. The fourth-order valence-electron chi connectivity index (χ4n) is 2.14. The lowest BCUT2D eigenvalue weighted by molar-refractivity contribution is 0.489. The highest BCUT2D eigenvalue weighted by molar-refractivity contribution is 7.98. The standard InChI is InChI=1S/C17H12N2O2S/c1-2-6-12(7-3-1)16-18-13(10-20-16)11-22-17-19-14-8-4-5-9-15(14)21-17/h1-10H,11H2. The molecule has 5 heteroatoms. The van der Waals surface area contributed by atoms with E-state index in [1.54, 1.807) is 6.26 Å². The third-order valence-electron chi connectivity index (χ3n) is 3.19. The van der Waals surface area contributed by atoms with Crippen molar-refractivity contribution in [1.82, 2.24) is 9.97 Å². The highest BCUT2D eigenvalue weighted by atomic mass is 32.2. The molecule has 0 saturated heterocycles. The quantitative estimate of drug-likeness (QED) is 0.508. The second-order valence-electron chi connectivity index (χ2n) is 4.75. The van der Waals surface area contributed by atoms with Gasteiger partial charge in [0, 0.05) is 11.3 Å². The van der Waals surface area contributed by atoms with Gasteiger partial charge >= 0.3 is 0 Å². The van der Waals surface area contributed by atoms with Crippen molar-refractivity contribution < 1.29 is 8.83 Å². The van der Waals surface area contributed by atoms with Crippen LogP contribution < -0.4 is 0 Å². The van der Waals surface area contributed by atoms with E-state index < -0.39 is 0 Å². The molecule has 0 unspecified atom stereocenters. The van der Waals surface area contributed by atoms with Crippen LogP contribution in [0.5, 0.6) is 0 Å². The molecule has 0 aliphatic carbocycles. The van der Waals surface area contributed by atoms with Crippen LogP contribution in [0.1, 0.15) is 5.69 Å². The molecule has 0 fully saturated rings. The molecule has 0 bridgehead atoms. The lowest BCUT2D eigenvalue weighted by Gasteiger charge is -1.93. The van der Waals surface area contributed by atoms with E-state index in [-0.39, 0.29) is 0 Å². The summed E-state index contributed by atoms with van der Waals surface area (Å²) >= 11 is 1.51. The smallest absolute Gasteiger partial charge is 0.257 e. The maximum Gasteiger partial charge on any atom is 0.257 e. The van der Waals surface area contributed by atoms with Gasteiger partial charge in [-0.3, -0.25) is 0 Å². The van der Waals surface area contributed by atoms with Gasteiger partial charge in [0.15, 0.2) is 5.58 Å². The predicted molar refractivity (Wildman–Crippen MR) is 85.5 cm³/mol. The highest BCUT2D eigenvalue weighted by Gasteiger charge is 2.09. The summed E-state index contributed by atoms with van der Waals surface area (Å²) in [5.41, 5.74) is 3.51. The number of hydrogen-bond donors (Lipinski definition) is 0. The van der Waals surface area contributed by atoms with E-state index in [0.717, 1.165) is 22.4 Å². The van der Waals surface area contributed by atoms with Crippen LogP contribution in [0, 0.1) is 0 Å². The van der Waals surface area contributed by atoms with Crippen LogP contribution in [-0.2, 0) is 5.75 Å². The molecule has 4 nitrogen and oxygen atoms in total. The van der Waals surface area contributed by atoms with Gasteiger partial charge in [0.05, 0.1) is 5.69 Å². The van der Waals surface area contributed by atoms with Gasteiger partial charge in [0.25, 0.3) is 5.22 Å². The molecule has 0 amide bonds. The average Bonchev–Trinajstić information content (AvgIpc) is 3.20. The molecule has 108 valence electrons. The maximum absolute atomic E-state index is 5.67. The van der Waals surface area contributed by atoms with Crippen LogP contribution >= 0.6 is 11.8 Å². The minimum absolute atomic E-state index is 0.633. The number of fused-ring (bicyclic) bond motifs is 1. The molecule has 22 heavy (non-hydrogen) atoms. The molecule has 4 aromatic rings. The van der Waals surface area contributed by atoms with Gasteiger partial charge in [-0.25, -0.2) is 9.97 Å². The number of oxazole rings is 2. The van der Waals surface area contributed by atoms with Gasteiger partial charge in [0.1, 0.15) is 11.8 Å². The van der Waals surface area contributed by atoms with Gasteiger partial charge in [0.2, 0.25) is 5.89 Å². The zero-order valence-electron chi connectivity index (χ0n) is 11.6. The summed E-state index contributed by atoms with van der Waals surface area (Å²) in [5.74, 6) is 1.29. The summed E-state index contributed by atoms with van der Waals surface area (Å²) in [6.07, 6.45) is 1.68. The summed E-state index contributed by atoms with van der Waals surface area (Å²) in [6.45, 7) is 0. The van der Waals surface area contributed by atoms with Crippen molar-refractivity contribution in [1.29, 1.82) is 0 Å². The molecule has 0 atom stereocenters. The molecule has 0 aliphatic heterocycles. The zero-order valence-corrected chi connectivity index (χ0v) is 12.4. The Bertz CT molecular complexity index is 866. The molecule has 4 rings (SSSR count). The Morgan fingerprint density at radius 3 is 2.59 bits per heavy atom. The summed E-state index contributed by atoms with van der Waals surface area (Å²) in [7, 11) is 0. The summed E-state index contributed by atoms with van der Waals surface area (Å²) in [6, 6.07) is 17.6. The molecular weight excluding hydrogens is 296 g/mol. The van der Waals surface area contributed by atoms with Crippen LogP contribution in [0.2, 0.25) is 0 Å². The van der Waals surface area contributed by atoms with Gasteiger partial charge < -0.3 is 8.83 Å². The predicted octanol–water partition coefficient (Wildman–Crippen LogP) is 4.78. The Balaban J connectivity index is 1.49. The van der Waals surface area contributed by atoms with Crippen molar-refractivity contribution in [2.24, 2.45) is 0 Å². The van der Waals surface area contributed by atoms with E-state index in [0.29, 0.717) is 16.9 Å². The molecule has 0 spiro atoms. The van der Waals surface area contributed by atoms with E-state index >= 15 is 0 Å². The number of aromatic nitrogens is 2. The number of nitrogens with zero attached hydrogens (tertiary/aromatic N) is 2. The largest absolute Gasteiger partial charge is 0.444 e. The van der Waals surface area contributed by atoms with Crippen molar-refractivity contribution in [2.45, 2.75) is 11.0 Å². The van der Waals surface area contributed by atoms with Gasteiger partial charge in [-0.15, -0.1) is 0 Å². The molecule has 2 aromatic carbocycles. The van der Waals surface area contributed by atoms with Crippen LogP contribution in [0.25, 0.3) is 22.6 Å². The summed E-state index contributed by atoms with van der Waals surface area (Å²) < 4.78 is 11.2. The van der Waals surface area contributed by atoms with Gasteiger partial charge in [-0.05, 0) is 24.3 Å². The molecule has 2 heterocycles. The molecule has 2 aromatic heterocycles. The first-order valence-electron chi connectivity index (χ1n) is 6.87. The normalized spacial score (nSPS) is 11.1. The molecule has 0 saturated carbocycles. The minimum atomic E-state index is 0.633.